The number of methoxy groups -OCH3 is 1. The zero-order chi connectivity index (χ0) is 15.4. The molecule has 2 rings (SSSR count). The monoisotopic (exact) mass is 312 g/mol. The van der Waals surface area contributed by atoms with Crippen LogP contribution < -0.4 is 10.1 Å². The molecule has 0 aromatic heterocycles. The van der Waals surface area contributed by atoms with E-state index in [2.05, 4.69) is 5.32 Å². The third-order valence-electron chi connectivity index (χ3n) is 3.87. The lowest BCUT2D eigenvalue weighted by Crippen LogP contribution is -2.38. The lowest BCUT2D eigenvalue weighted by molar-refractivity contribution is 0.129. The predicted molar refractivity (Wildman–Crippen MR) is 81.6 cm³/mol. The summed E-state index contributed by atoms with van der Waals surface area (Å²) in [5, 5.41) is 13.0. The van der Waals surface area contributed by atoms with Crippen molar-refractivity contribution in [2.24, 2.45) is 5.92 Å². The van der Waals surface area contributed by atoms with Gasteiger partial charge in [0, 0.05) is 36.1 Å². The fourth-order valence-electron chi connectivity index (χ4n) is 2.53. The topological polar surface area (TPSA) is 61.8 Å². The third kappa shape index (κ3) is 4.02. The van der Waals surface area contributed by atoms with Gasteiger partial charge in [-0.1, -0.05) is 11.6 Å². The minimum Gasteiger partial charge on any atom is -0.496 e. The van der Waals surface area contributed by atoms with Crippen LogP contribution in [0.25, 0.3) is 0 Å². The number of carbonyl (C=O) groups is 1. The van der Waals surface area contributed by atoms with E-state index in [9.17, 15) is 9.90 Å². The number of benzene rings is 1. The van der Waals surface area contributed by atoms with Crippen LogP contribution in [0, 0.1) is 5.92 Å². The smallest absolute Gasteiger partial charge is 0.317 e. The first kappa shape index (κ1) is 15.9. The predicted octanol–water partition coefficient (Wildman–Crippen LogP) is 2.26. The Hall–Kier alpha value is -1.46. The van der Waals surface area contributed by atoms with E-state index in [0.717, 1.165) is 12.0 Å². The van der Waals surface area contributed by atoms with E-state index in [1.807, 2.05) is 0 Å². The van der Waals surface area contributed by atoms with Gasteiger partial charge in [0.2, 0.25) is 0 Å². The molecule has 0 unspecified atom stereocenters. The molecule has 6 heteroatoms. The number of amides is 2. The average Bonchev–Trinajstić information content (AvgIpc) is 2.95. The van der Waals surface area contributed by atoms with Gasteiger partial charge in [0.25, 0.3) is 0 Å². The van der Waals surface area contributed by atoms with Crippen LogP contribution in [-0.4, -0.2) is 42.3 Å². The molecule has 1 fully saturated rings. The zero-order valence-corrected chi connectivity index (χ0v) is 13.1. The van der Waals surface area contributed by atoms with Gasteiger partial charge in [-0.2, -0.15) is 0 Å². The van der Waals surface area contributed by atoms with Gasteiger partial charge in [0.1, 0.15) is 5.75 Å². The average molecular weight is 313 g/mol. The summed E-state index contributed by atoms with van der Waals surface area (Å²) in [5.41, 5.74) is 0.838. The van der Waals surface area contributed by atoms with Crippen molar-refractivity contribution >= 4 is 17.6 Å². The summed E-state index contributed by atoms with van der Waals surface area (Å²) in [6, 6.07) is 5.19. The highest BCUT2D eigenvalue weighted by Gasteiger charge is 2.28. The highest BCUT2D eigenvalue weighted by Crippen LogP contribution is 2.23. The minimum absolute atomic E-state index is 0.125. The van der Waals surface area contributed by atoms with Gasteiger partial charge < -0.3 is 20.1 Å². The number of nitrogens with zero attached hydrogens (tertiary/aromatic N) is 1. The fraction of sp³-hybridized carbons (Fsp3) is 0.533. The first-order valence-electron chi connectivity index (χ1n) is 7.04. The molecule has 1 aliphatic rings. The van der Waals surface area contributed by atoms with E-state index in [0.29, 0.717) is 30.4 Å². The second kappa shape index (κ2) is 7.00. The van der Waals surface area contributed by atoms with Gasteiger partial charge in [-0.05, 0) is 31.5 Å². The largest absolute Gasteiger partial charge is 0.496 e. The minimum atomic E-state index is -0.379. The molecular weight excluding hydrogens is 292 g/mol. The lowest BCUT2D eigenvalue weighted by Gasteiger charge is -2.19. The SMILES string of the molecule is COc1ccc(Cl)cc1CNC(=O)N1CC[C@@H]([C@@H](C)O)C1. The second-order valence-corrected chi connectivity index (χ2v) is 5.79. The van der Waals surface area contributed by atoms with Crippen LogP contribution in [0.2, 0.25) is 5.02 Å². The molecule has 5 nitrogen and oxygen atoms in total. The Labute approximate surface area is 129 Å². The number of aliphatic hydroxyl groups is 1. The maximum atomic E-state index is 12.1. The Kier molecular flexibility index (Phi) is 5.31. The lowest BCUT2D eigenvalue weighted by atomic mass is 10.0. The molecule has 1 aromatic rings. The Morgan fingerprint density at radius 2 is 2.38 bits per heavy atom. The van der Waals surface area contributed by atoms with Gasteiger partial charge in [-0.25, -0.2) is 4.79 Å². The normalized spacial score (nSPS) is 19.4. The van der Waals surface area contributed by atoms with Crippen LogP contribution in [0.5, 0.6) is 5.75 Å². The highest BCUT2D eigenvalue weighted by molar-refractivity contribution is 6.30. The van der Waals surface area contributed by atoms with Crippen molar-refractivity contribution in [1.29, 1.82) is 0 Å². The molecule has 1 heterocycles. The van der Waals surface area contributed by atoms with Crippen molar-refractivity contribution in [3.05, 3.63) is 28.8 Å². The summed E-state index contributed by atoms with van der Waals surface area (Å²) in [5.74, 6) is 0.861. The quantitative estimate of drug-likeness (QED) is 0.896. The van der Waals surface area contributed by atoms with Crippen LogP contribution in [-0.2, 0) is 6.54 Å². The summed E-state index contributed by atoms with van der Waals surface area (Å²) in [6.45, 7) is 3.39. The molecule has 2 N–H and O–H groups in total. The van der Waals surface area contributed by atoms with Crippen LogP contribution in [0.3, 0.4) is 0 Å². The van der Waals surface area contributed by atoms with Crippen LogP contribution in [0.4, 0.5) is 4.79 Å². The molecule has 0 bridgehead atoms. The number of urea groups is 1. The second-order valence-electron chi connectivity index (χ2n) is 5.35. The van der Waals surface area contributed by atoms with Gasteiger partial charge >= 0.3 is 6.03 Å². The van der Waals surface area contributed by atoms with E-state index in [1.54, 1.807) is 37.1 Å². The zero-order valence-electron chi connectivity index (χ0n) is 12.3. The highest BCUT2D eigenvalue weighted by atomic mass is 35.5. The maximum Gasteiger partial charge on any atom is 0.317 e. The Morgan fingerprint density at radius 1 is 1.62 bits per heavy atom. The number of hydrogen-bond donors (Lipinski definition) is 2. The molecule has 0 spiro atoms. The molecule has 116 valence electrons. The number of hydrogen-bond acceptors (Lipinski definition) is 3. The summed E-state index contributed by atoms with van der Waals surface area (Å²) in [7, 11) is 1.59. The molecule has 21 heavy (non-hydrogen) atoms. The Morgan fingerprint density at radius 3 is 3.00 bits per heavy atom. The van der Waals surface area contributed by atoms with Gasteiger partial charge in [0.05, 0.1) is 13.2 Å². The number of aliphatic hydroxyl groups excluding tert-OH is 1. The molecule has 0 aliphatic carbocycles. The summed E-state index contributed by atoms with van der Waals surface area (Å²) in [6.07, 6.45) is 0.460. The van der Waals surface area contributed by atoms with Crippen molar-refractivity contribution in [3.63, 3.8) is 0 Å². The van der Waals surface area contributed by atoms with Crippen molar-refractivity contribution in [2.75, 3.05) is 20.2 Å². The van der Waals surface area contributed by atoms with Gasteiger partial charge in [-0.15, -0.1) is 0 Å². The number of rotatable bonds is 4. The van der Waals surface area contributed by atoms with Crippen molar-refractivity contribution in [1.82, 2.24) is 10.2 Å². The van der Waals surface area contributed by atoms with Gasteiger partial charge in [0.15, 0.2) is 0 Å². The van der Waals surface area contributed by atoms with Crippen LogP contribution in [0.15, 0.2) is 18.2 Å². The number of likely N-dealkylation sites (tertiary alicyclic amines) is 1. The summed E-state index contributed by atoms with van der Waals surface area (Å²) in [4.78, 5) is 13.9. The van der Waals surface area contributed by atoms with E-state index in [1.165, 1.54) is 0 Å². The van der Waals surface area contributed by atoms with Crippen molar-refractivity contribution in [3.8, 4) is 5.75 Å². The number of ether oxygens (including phenoxy) is 1. The van der Waals surface area contributed by atoms with Crippen molar-refractivity contribution in [2.45, 2.75) is 26.0 Å². The molecule has 2 atom stereocenters. The van der Waals surface area contributed by atoms with Gasteiger partial charge in [-0.3, -0.25) is 0 Å². The van der Waals surface area contributed by atoms with E-state index >= 15 is 0 Å². The summed E-state index contributed by atoms with van der Waals surface area (Å²) < 4.78 is 5.25. The molecule has 2 amide bonds. The fourth-order valence-corrected chi connectivity index (χ4v) is 2.73. The number of carbonyl (C=O) groups excluding carboxylic acids is 1. The first-order chi connectivity index (χ1) is 10.0. The Balaban J connectivity index is 1.91. The molecular formula is C15H21ClN2O3. The van der Waals surface area contributed by atoms with Crippen molar-refractivity contribution < 1.29 is 14.6 Å². The molecule has 1 aromatic carbocycles. The summed E-state index contributed by atoms with van der Waals surface area (Å²) >= 11 is 5.96. The molecule has 1 aliphatic heterocycles. The first-order valence-corrected chi connectivity index (χ1v) is 7.42. The molecule has 0 radical (unpaired) electrons. The molecule has 0 saturated carbocycles. The third-order valence-corrected chi connectivity index (χ3v) is 4.10. The van der Waals surface area contributed by atoms with E-state index in [4.69, 9.17) is 16.3 Å². The maximum absolute atomic E-state index is 12.1. The van der Waals surface area contributed by atoms with E-state index in [-0.39, 0.29) is 18.1 Å². The standard InChI is InChI=1S/C15H21ClN2O3/c1-10(19)11-5-6-18(9-11)15(20)17-8-12-7-13(16)3-4-14(12)21-2/h3-4,7,10-11,19H,5-6,8-9H2,1-2H3,(H,17,20)/t10-,11-/m1/s1. The van der Waals surface area contributed by atoms with Crippen LogP contribution >= 0.6 is 11.6 Å². The Bertz CT molecular complexity index is 508. The van der Waals surface area contributed by atoms with Crippen LogP contribution in [0.1, 0.15) is 18.9 Å². The van der Waals surface area contributed by atoms with E-state index < -0.39 is 0 Å². The number of halogens is 1. The molecule has 1 saturated heterocycles. The number of nitrogens with one attached hydrogen (secondary N) is 1.